The molecule has 1 saturated heterocycles. The van der Waals surface area contributed by atoms with Gasteiger partial charge in [0.15, 0.2) is 16.6 Å². The first kappa shape index (κ1) is 23.3. The highest BCUT2D eigenvalue weighted by Crippen LogP contribution is 2.38. The average molecular weight is 463 g/mol. The normalized spacial score (nSPS) is 15.6. The fourth-order valence-corrected chi connectivity index (χ4v) is 4.02. The predicted molar refractivity (Wildman–Crippen MR) is 118 cm³/mol. The van der Waals surface area contributed by atoms with Gasteiger partial charge in [-0.1, -0.05) is 0 Å². The van der Waals surface area contributed by atoms with Crippen molar-refractivity contribution >= 4 is 34.2 Å². The first-order valence-corrected chi connectivity index (χ1v) is 10.9. The standard InChI is InChI=1S/C21H26N4O6S/c1-29-15-9-14(10-16(30-2)18(15)31-3)19(27)23-11-17(26)25-7-4-5-13(12-25)20(28)24-21-22-6-8-32-21/h6,8-10,13H,4-5,7,11-12H2,1-3H3,(H,23,27)(H,22,24,28). The molecule has 1 fully saturated rings. The molecule has 0 bridgehead atoms. The van der Waals surface area contributed by atoms with Crippen LogP contribution in [0, 0.1) is 5.92 Å². The van der Waals surface area contributed by atoms with Gasteiger partial charge in [0.25, 0.3) is 5.91 Å². The largest absolute Gasteiger partial charge is 0.493 e. The Morgan fingerprint density at radius 2 is 1.88 bits per heavy atom. The Labute approximate surface area is 189 Å². The van der Waals surface area contributed by atoms with E-state index in [1.807, 2.05) is 0 Å². The van der Waals surface area contributed by atoms with Crippen molar-refractivity contribution < 1.29 is 28.6 Å². The molecule has 10 nitrogen and oxygen atoms in total. The van der Waals surface area contributed by atoms with E-state index in [9.17, 15) is 14.4 Å². The second kappa shape index (κ2) is 10.8. The number of methoxy groups -OCH3 is 3. The van der Waals surface area contributed by atoms with Crippen LogP contribution < -0.4 is 24.8 Å². The first-order valence-electron chi connectivity index (χ1n) is 10.0. The van der Waals surface area contributed by atoms with Crippen LogP contribution in [-0.4, -0.2) is 68.6 Å². The number of nitrogens with zero attached hydrogens (tertiary/aromatic N) is 2. The zero-order chi connectivity index (χ0) is 23.1. The van der Waals surface area contributed by atoms with Crippen molar-refractivity contribution in [1.82, 2.24) is 15.2 Å². The van der Waals surface area contributed by atoms with Crippen molar-refractivity contribution in [1.29, 1.82) is 0 Å². The molecule has 0 spiro atoms. The van der Waals surface area contributed by atoms with Gasteiger partial charge in [0.05, 0.1) is 33.8 Å². The zero-order valence-corrected chi connectivity index (χ0v) is 19.0. The second-order valence-corrected chi connectivity index (χ2v) is 8.00. The number of hydrogen-bond donors (Lipinski definition) is 2. The van der Waals surface area contributed by atoms with Crippen LogP contribution in [0.5, 0.6) is 17.2 Å². The Hall–Kier alpha value is -3.34. The van der Waals surface area contributed by atoms with Gasteiger partial charge in [-0.3, -0.25) is 14.4 Å². The minimum Gasteiger partial charge on any atom is -0.493 e. The monoisotopic (exact) mass is 462 g/mol. The number of rotatable bonds is 8. The highest BCUT2D eigenvalue weighted by Gasteiger charge is 2.29. The van der Waals surface area contributed by atoms with E-state index in [0.717, 1.165) is 0 Å². The zero-order valence-electron chi connectivity index (χ0n) is 18.2. The predicted octanol–water partition coefficient (Wildman–Crippen LogP) is 1.78. The number of carbonyl (C=O) groups excluding carboxylic acids is 3. The van der Waals surface area contributed by atoms with E-state index < -0.39 is 5.91 Å². The van der Waals surface area contributed by atoms with Gasteiger partial charge in [-0.15, -0.1) is 11.3 Å². The minimum absolute atomic E-state index is 0.154. The van der Waals surface area contributed by atoms with Gasteiger partial charge in [0.1, 0.15) is 0 Å². The van der Waals surface area contributed by atoms with Gasteiger partial charge >= 0.3 is 0 Å². The summed E-state index contributed by atoms with van der Waals surface area (Å²) in [6, 6.07) is 3.03. The molecule has 1 unspecified atom stereocenters. The van der Waals surface area contributed by atoms with Crippen molar-refractivity contribution in [3.05, 3.63) is 29.3 Å². The molecule has 2 N–H and O–H groups in total. The summed E-state index contributed by atoms with van der Waals surface area (Å²) >= 11 is 1.34. The SMILES string of the molecule is COc1cc(C(=O)NCC(=O)N2CCCC(C(=O)Nc3nccs3)C2)cc(OC)c1OC. The number of piperidine rings is 1. The molecule has 1 aromatic carbocycles. The summed E-state index contributed by atoms with van der Waals surface area (Å²) in [6.45, 7) is 0.659. The number of likely N-dealkylation sites (tertiary alicyclic amines) is 1. The molecule has 1 aliphatic heterocycles. The molecule has 2 aromatic rings. The Morgan fingerprint density at radius 1 is 1.16 bits per heavy atom. The highest BCUT2D eigenvalue weighted by molar-refractivity contribution is 7.13. The molecule has 0 saturated carbocycles. The fourth-order valence-electron chi connectivity index (χ4n) is 3.49. The number of thiazole rings is 1. The van der Waals surface area contributed by atoms with Gasteiger partial charge in [-0.05, 0) is 25.0 Å². The molecular weight excluding hydrogens is 436 g/mol. The molecule has 2 heterocycles. The molecule has 11 heteroatoms. The number of benzene rings is 1. The molecule has 3 rings (SSSR count). The van der Waals surface area contributed by atoms with E-state index in [-0.39, 0.29) is 29.8 Å². The molecule has 1 aliphatic rings. The number of hydrogen-bond acceptors (Lipinski definition) is 8. The molecule has 1 aromatic heterocycles. The van der Waals surface area contributed by atoms with Crippen LogP contribution in [-0.2, 0) is 9.59 Å². The quantitative estimate of drug-likeness (QED) is 0.614. The number of amides is 3. The van der Waals surface area contributed by atoms with Gasteiger partial charge in [0, 0.05) is 30.2 Å². The lowest BCUT2D eigenvalue weighted by Gasteiger charge is -2.32. The maximum atomic E-state index is 12.7. The van der Waals surface area contributed by atoms with Crippen molar-refractivity contribution in [3.8, 4) is 17.2 Å². The third-order valence-corrected chi connectivity index (χ3v) is 5.82. The number of nitrogens with one attached hydrogen (secondary N) is 2. The van der Waals surface area contributed by atoms with Gasteiger partial charge in [-0.25, -0.2) is 4.98 Å². The van der Waals surface area contributed by atoms with Crippen LogP contribution in [0.4, 0.5) is 5.13 Å². The van der Waals surface area contributed by atoms with Crippen LogP contribution in [0.1, 0.15) is 23.2 Å². The number of anilines is 1. The van der Waals surface area contributed by atoms with Crippen molar-refractivity contribution in [3.63, 3.8) is 0 Å². The highest BCUT2D eigenvalue weighted by atomic mass is 32.1. The number of aromatic nitrogens is 1. The summed E-state index contributed by atoms with van der Waals surface area (Å²) in [7, 11) is 4.39. The van der Waals surface area contributed by atoms with E-state index in [1.165, 1.54) is 44.8 Å². The average Bonchev–Trinajstić information content (AvgIpc) is 3.34. The van der Waals surface area contributed by atoms with Crippen LogP contribution in [0.25, 0.3) is 0 Å². The lowest BCUT2D eigenvalue weighted by atomic mass is 9.97. The van der Waals surface area contributed by atoms with Crippen molar-refractivity contribution in [2.45, 2.75) is 12.8 Å². The third kappa shape index (κ3) is 5.47. The Bertz CT molecular complexity index is 940. The molecule has 0 aliphatic carbocycles. The number of carbonyl (C=O) groups is 3. The van der Waals surface area contributed by atoms with Crippen LogP contribution in [0.2, 0.25) is 0 Å². The maximum Gasteiger partial charge on any atom is 0.251 e. The van der Waals surface area contributed by atoms with E-state index >= 15 is 0 Å². The summed E-state index contributed by atoms with van der Waals surface area (Å²) in [5.41, 5.74) is 0.270. The van der Waals surface area contributed by atoms with Crippen LogP contribution >= 0.6 is 11.3 Å². The molecule has 0 radical (unpaired) electrons. The molecular formula is C21H26N4O6S. The summed E-state index contributed by atoms with van der Waals surface area (Å²) in [4.78, 5) is 43.4. The first-order chi connectivity index (χ1) is 15.5. The lowest BCUT2D eigenvalue weighted by Crippen LogP contribution is -2.47. The smallest absolute Gasteiger partial charge is 0.251 e. The third-order valence-electron chi connectivity index (χ3n) is 5.13. The van der Waals surface area contributed by atoms with Gasteiger partial charge in [-0.2, -0.15) is 0 Å². The maximum absolute atomic E-state index is 12.7. The Kier molecular flexibility index (Phi) is 7.87. The summed E-state index contributed by atoms with van der Waals surface area (Å²) in [5, 5.41) is 7.72. The summed E-state index contributed by atoms with van der Waals surface area (Å²) in [6.07, 6.45) is 3.02. The fraction of sp³-hybridized carbons (Fsp3) is 0.429. The topological polar surface area (TPSA) is 119 Å². The molecule has 1 atom stereocenters. The van der Waals surface area contributed by atoms with Crippen LogP contribution in [0.15, 0.2) is 23.7 Å². The second-order valence-electron chi connectivity index (χ2n) is 7.10. The van der Waals surface area contributed by atoms with Gasteiger partial charge in [0.2, 0.25) is 17.6 Å². The summed E-state index contributed by atoms with van der Waals surface area (Å²) < 4.78 is 15.8. The molecule has 172 valence electrons. The summed E-state index contributed by atoms with van der Waals surface area (Å²) in [5.74, 6) is -0.119. The van der Waals surface area contributed by atoms with E-state index in [0.29, 0.717) is 48.3 Å². The lowest BCUT2D eigenvalue weighted by molar-refractivity contribution is -0.133. The van der Waals surface area contributed by atoms with E-state index in [1.54, 1.807) is 16.5 Å². The Morgan fingerprint density at radius 3 is 2.47 bits per heavy atom. The minimum atomic E-state index is -0.451. The van der Waals surface area contributed by atoms with Crippen molar-refractivity contribution in [2.75, 3.05) is 46.3 Å². The van der Waals surface area contributed by atoms with E-state index in [2.05, 4.69) is 15.6 Å². The van der Waals surface area contributed by atoms with E-state index in [4.69, 9.17) is 14.2 Å². The molecule has 3 amide bonds. The number of ether oxygens (including phenoxy) is 3. The van der Waals surface area contributed by atoms with Crippen LogP contribution in [0.3, 0.4) is 0 Å². The Balaban J connectivity index is 1.58. The van der Waals surface area contributed by atoms with Crippen molar-refractivity contribution in [2.24, 2.45) is 5.92 Å². The molecule has 32 heavy (non-hydrogen) atoms. The van der Waals surface area contributed by atoms with Gasteiger partial charge < -0.3 is 29.7 Å².